The van der Waals surface area contributed by atoms with E-state index in [0.29, 0.717) is 32.7 Å². The lowest BCUT2D eigenvalue weighted by Crippen LogP contribution is -2.56. The van der Waals surface area contributed by atoms with Gasteiger partial charge in [0, 0.05) is 51.9 Å². The van der Waals surface area contributed by atoms with Crippen LogP contribution in [0.25, 0.3) is 0 Å². The molecule has 2 aliphatic heterocycles. The highest BCUT2D eigenvalue weighted by Crippen LogP contribution is 2.20. The van der Waals surface area contributed by atoms with Gasteiger partial charge in [0.2, 0.25) is 0 Å². The van der Waals surface area contributed by atoms with Gasteiger partial charge in [0.15, 0.2) is 11.6 Å². The average Bonchev–Trinajstić information content (AvgIpc) is 2.74. The molecular weight excluding hydrogens is 415 g/mol. The van der Waals surface area contributed by atoms with Crippen LogP contribution in [-0.4, -0.2) is 84.8 Å². The lowest BCUT2D eigenvalue weighted by Gasteiger charge is -2.37. The number of carbonyl (C=O) groups excluding carboxylic acids is 2. The van der Waals surface area contributed by atoms with E-state index in [-0.39, 0.29) is 29.7 Å². The zero-order valence-corrected chi connectivity index (χ0v) is 19.5. The predicted octanol–water partition coefficient (Wildman–Crippen LogP) is 3.06. The van der Waals surface area contributed by atoms with Crippen molar-refractivity contribution in [3.05, 3.63) is 29.6 Å². The molecule has 0 radical (unpaired) electrons. The van der Waals surface area contributed by atoms with E-state index in [1.807, 2.05) is 26.8 Å². The smallest absolute Gasteiger partial charge is 0.410 e. The van der Waals surface area contributed by atoms with Crippen LogP contribution in [0.5, 0.6) is 5.75 Å². The molecule has 1 aromatic carbocycles. The van der Waals surface area contributed by atoms with E-state index in [2.05, 4.69) is 10.2 Å². The lowest BCUT2D eigenvalue weighted by molar-refractivity contribution is 0.0168. The van der Waals surface area contributed by atoms with Gasteiger partial charge in [0.1, 0.15) is 5.60 Å². The number of urea groups is 1. The van der Waals surface area contributed by atoms with E-state index in [1.165, 1.54) is 13.2 Å². The number of methoxy groups -OCH3 is 1. The maximum atomic E-state index is 13.9. The van der Waals surface area contributed by atoms with Gasteiger partial charge < -0.3 is 24.6 Å². The van der Waals surface area contributed by atoms with Crippen LogP contribution in [0.2, 0.25) is 0 Å². The summed E-state index contributed by atoms with van der Waals surface area (Å²) in [6.45, 7) is 9.81. The summed E-state index contributed by atoms with van der Waals surface area (Å²) in [4.78, 5) is 30.5. The molecule has 8 nitrogen and oxygen atoms in total. The summed E-state index contributed by atoms with van der Waals surface area (Å²) in [5.41, 5.74) is 0.385. The topological polar surface area (TPSA) is 74.4 Å². The number of hydrogen-bond acceptors (Lipinski definition) is 5. The quantitative estimate of drug-likeness (QED) is 0.763. The summed E-state index contributed by atoms with van der Waals surface area (Å²) in [6.07, 6.45) is 1.37. The number of amides is 3. The van der Waals surface area contributed by atoms with Crippen LogP contribution in [0.4, 0.5) is 14.0 Å². The van der Waals surface area contributed by atoms with Crippen LogP contribution in [-0.2, 0) is 11.3 Å². The molecule has 2 aliphatic rings. The Hall–Kier alpha value is -2.55. The maximum absolute atomic E-state index is 13.9. The summed E-state index contributed by atoms with van der Waals surface area (Å²) in [6, 6.07) is 5.09. The number of nitrogens with zero attached hydrogens (tertiary/aromatic N) is 3. The molecule has 2 heterocycles. The summed E-state index contributed by atoms with van der Waals surface area (Å²) in [5.74, 6) is -0.0963. The van der Waals surface area contributed by atoms with Crippen LogP contribution in [0.3, 0.4) is 0 Å². The van der Waals surface area contributed by atoms with Crippen molar-refractivity contribution in [2.75, 3.05) is 46.4 Å². The predicted molar refractivity (Wildman–Crippen MR) is 119 cm³/mol. The van der Waals surface area contributed by atoms with Crippen LogP contribution < -0.4 is 10.1 Å². The Morgan fingerprint density at radius 2 is 1.69 bits per heavy atom. The van der Waals surface area contributed by atoms with E-state index >= 15 is 0 Å². The first-order valence-corrected chi connectivity index (χ1v) is 11.2. The van der Waals surface area contributed by atoms with Crippen LogP contribution in [0.15, 0.2) is 18.2 Å². The second-order valence-electron chi connectivity index (χ2n) is 9.42. The molecule has 3 rings (SSSR count). The Morgan fingerprint density at radius 1 is 1.06 bits per heavy atom. The summed E-state index contributed by atoms with van der Waals surface area (Å²) in [5, 5.41) is 3.13. The van der Waals surface area contributed by atoms with E-state index in [4.69, 9.17) is 9.47 Å². The second-order valence-corrected chi connectivity index (χ2v) is 9.42. The zero-order valence-electron chi connectivity index (χ0n) is 19.5. The maximum Gasteiger partial charge on any atom is 0.410 e. The number of piperazine rings is 1. The second kappa shape index (κ2) is 10.4. The van der Waals surface area contributed by atoms with Crippen LogP contribution in [0, 0.1) is 5.82 Å². The Labute approximate surface area is 189 Å². The molecule has 0 aromatic heterocycles. The highest BCUT2D eigenvalue weighted by Gasteiger charge is 2.29. The van der Waals surface area contributed by atoms with Gasteiger partial charge in [-0.25, -0.2) is 14.0 Å². The lowest BCUT2D eigenvalue weighted by atomic mass is 10.0. The van der Waals surface area contributed by atoms with Crippen molar-refractivity contribution in [3.63, 3.8) is 0 Å². The van der Waals surface area contributed by atoms with Gasteiger partial charge in [-0.1, -0.05) is 6.07 Å². The standard InChI is InChI=1S/C23H35FN4O4/c1-23(2,3)32-22(30)28-13-11-27(12-14-28)21(29)25-18-7-9-26(10-8-18)16-17-5-6-20(31-4)19(24)15-17/h5-6,15,18H,7-14,16H2,1-4H3,(H,25,29). The number of halogens is 1. The zero-order chi connectivity index (χ0) is 23.3. The molecule has 0 unspecified atom stereocenters. The fraction of sp³-hybridized carbons (Fsp3) is 0.652. The van der Waals surface area contributed by atoms with Crippen molar-refractivity contribution >= 4 is 12.1 Å². The van der Waals surface area contributed by atoms with Gasteiger partial charge in [-0.15, -0.1) is 0 Å². The molecule has 3 amide bonds. The normalized spacial score (nSPS) is 18.4. The number of benzene rings is 1. The van der Waals surface area contributed by atoms with Gasteiger partial charge >= 0.3 is 12.1 Å². The number of rotatable bonds is 4. The fourth-order valence-electron chi connectivity index (χ4n) is 3.99. The molecule has 1 aromatic rings. The number of nitrogens with one attached hydrogen (secondary N) is 1. The summed E-state index contributed by atoms with van der Waals surface area (Å²) in [7, 11) is 1.46. The molecule has 32 heavy (non-hydrogen) atoms. The molecule has 0 bridgehead atoms. The third-order valence-electron chi connectivity index (χ3n) is 5.76. The highest BCUT2D eigenvalue weighted by molar-refractivity contribution is 5.75. The molecule has 178 valence electrons. The first-order valence-electron chi connectivity index (χ1n) is 11.2. The Balaban J connectivity index is 1.38. The summed E-state index contributed by atoms with van der Waals surface area (Å²) < 4.78 is 24.3. The van der Waals surface area contributed by atoms with Gasteiger partial charge in [-0.05, 0) is 51.3 Å². The molecule has 2 saturated heterocycles. The molecule has 2 fully saturated rings. The van der Waals surface area contributed by atoms with Gasteiger partial charge in [0.25, 0.3) is 0 Å². The molecule has 0 aliphatic carbocycles. The van der Waals surface area contributed by atoms with Crippen molar-refractivity contribution in [1.29, 1.82) is 0 Å². The van der Waals surface area contributed by atoms with E-state index in [9.17, 15) is 14.0 Å². The third kappa shape index (κ3) is 6.72. The van der Waals surface area contributed by atoms with Crippen molar-refractivity contribution in [2.45, 2.75) is 51.8 Å². The molecule has 9 heteroatoms. The van der Waals surface area contributed by atoms with Gasteiger partial charge in [-0.2, -0.15) is 0 Å². The first-order chi connectivity index (χ1) is 15.1. The highest BCUT2D eigenvalue weighted by atomic mass is 19.1. The van der Waals surface area contributed by atoms with Crippen molar-refractivity contribution in [2.24, 2.45) is 0 Å². The average molecular weight is 451 g/mol. The minimum absolute atomic E-state index is 0.0792. The van der Waals surface area contributed by atoms with E-state index < -0.39 is 5.60 Å². The molecule has 0 spiro atoms. The van der Waals surface area contributed by atoms with Crippen molar-refractivity contribution in [3.8, 4) is 5.75 Å². The van der Waals surface area contributed by atoms with Gasteiger partial charge in [0.05, 0.1) is 7.11 Å². The van der Waals surface area contributed by atoms with Gasteiger partial charge in [-0.3, -0.25) is 4.90 Å². The van der Waals surface area contributed by atoms with Crippen molar-refractivity contribution < 1.29 is 23.5 Å². The number of carbonyl (C=O) groups is 2. The molecule has 0 saturated carbocycles. The number of hydrogen-bond donors (Lipinski definition) is 1. The van der Waals surface area contributed by atoms with Crippen molar-refractivity contribution in [1.82, 2.24) is 20.0 Å². The minimum atomic E-state index is -0.526. The van der Waals surface area contributed by atoms with E-state index in [1.54, 1.807) is 15.9 Å². The van der Waals surface area contributed by atoms with Crippen LogP contribution in [0.1, 0.15) is 39.2 Å². The SMILES string of the molecule is COc1ccc(CN2CCC(NC(=O)N3CCN(C(=O)OC(C)(C)C)CC3)CC2)cc1F. The first kappa shape index (κ1) is 24.1. The third-order valence-corrected chi connectivity index (χ3v) is 5.76. The Bertz CT molecular complexity index is 798. The Kier molecular flexibility index (Phi) is 7.82. The molecular formula is C23H35FN4O4. The number of likely N-dealkylation sites (tertiary alicyclic amines) is 1. The number of piperidine rings is 1. The monoisotopic (exact) mass is 450 g/mol. The summed E-state index contributed by atoms with van der Waals surface area (Å²) >= 11 is 0. The largest absolute Gasteiger partial charge is 0.494 e. The number of ether oxygens (including phenoxy) is 2. The van der Waals surface area contributed by atoms with Crippen LogP contribution >= 0.6 is 0 Å². The molecule has 1 N–H and O–H groups in total. The van der Waals surface area contributed by atoms with E-state index in [0.717, 1.165) is 31.5 Å². The molecule has 0 atom stereocenters. The minimum Gasteiger partial charge on any atom is -0.494 e. The fourth-order valence-corrected chi connectivity index (χ4v) is 3.99. The Morgan fingerprint density at radius 3 is 2.25 bits per heavy atom.